The quantitative estimate of drug-likeness (QED) is 0.618. The van der Waals surface area contributed by atoms with Crippen LogP contribution in [0.1, 0.15) is 55.9 Å². The third-order valence-electron chi connectivity index (χ3n) is 3.60. The Bertz CT molecular complexity index is 504. The number of aliphatic hydroxyl groups is 1. The van der Waals surface area contributed by atoms with Crippen molar-refractivity contribution in [2.45, 2.75) is 56.7 Å². The Kier molecular flexibility index (Phi) is 5.52. The number of nitrogens with two attached hydrogens (primary N) is 1. The van der Waals surface area contributed by atoms with Crippen LogP contribution in [0.5, 0.6) is 0 Å². The molecule has 2 unspecified atom stereocenters. The predicted octanol–water partition coefficient (Wildman–Crippen LogP) is 2.23. The van der Waals surface area contributed by atoms with Crippen LogP contribution in [0.2, 0.25) is 0 Å². The molecule has 2 rings (SSSR count). The van der Waals surface area contributed by atoms with Gasteiger partial charge in [0, 0.05) is 0 Å². The summed E-state index contributed by atoms with van der Waals surface area (Å²) in [6.45, 7) is 4.13. The Morgan fingerprint density at radius 3 is 2.86 bits per heavy atom. The minimum atomic E-state index is -0.453. The number of esters is 1. The van der Waals surface area contributed by atoms with Gasteiger partial charge >= 0.3 is 5.97 Å². The van der Waals surface area contributed by atoms with Gasteiger partial charge in [0.2, 0.25) is 0 Å². The van der Waals surface area contributed by atoms with Gasteiger partial charge < -0.3 is 15.6 Å². The molecule has 0 aromatic carbocycles. The zero-order valence-corrected chi connectivity index (χ0v) is 13.4. The summed E-state index contributed by atoms with van der Waals surface area (Å²) < 4.78 is 6.70. The lowest BCUT2D eigenvalue weighted by atomic mass is 10.2. The second-order valence-corrected chi connectivity index (χ2v) is 6.23. The van der Waals surface area contributed by atoms with E-state index in [9.17, 15) is 9.90 Å². The van der Waals surface area contributed by atoms with Crippen molar-refractivity contribution < 1.29 is 14.6 Å². The lowest BCUT2D eigenvalue weighted by molar-refractivity contribution is 0.0523. The highest BCUT2D eigenvalue weighted by atomic mass is 32.2. The van der Waals surface area contributed by atoms with E-state index in [2.05, 4.69) is 12.0 Å². The standard InChI is InChI=1S/C14H23N3O3S/c1-3-8-21-13-11(14(19)20-4-2)12(15)17(16-13)9-6-5-7-10(9)18/h9-10,18H,3-8,15H2,1-2H3. The maximum Gasteiger partial charge on any atom is 0.344 e. The summed E-state index contributed by atoms with van der Waals surface area (Å²) in [5.41, 5.74) is 6.47. The number of hydrogen-bond acceptors (Lipinski definition) is 6. The van der Waals surface area contributed by atoms with E-state index in [1.54, 1.807) is 11.6 Å². The number of aromatic nitrogens is 2. The number of hydrogen-bond donors (Lipinski definition) is 2. The van der Waals surface area contributed by atoms with Crippen molar-refractivity contribution in [1.29, 1.82) is 0 Å². The maximum atomic E-state index is 12.1. The average molecular weight is 313 g/mol. The van der Waals surface area contributed by atoms with Crippen LogP contribution in [0.4, 0.5) is 5.82 Å². The van der Waals surface area contributed by atoms with Gasteiger partial charge in [-0.25, -0.2) is 9.48 Å². The molecule has 118 valence electrons. The minimum absolute atomic E-state index is 0.144. The summed E-state index contributed by atoms with van der Waals surface area (Å²) in [7, 11) is 0. The molecule has 1 aliphatic rings. The number of nitrogens with zero attached hydrogens (tertiary/aromatic N) is 2. The summed E-state index contributed by atoms with van der Waals surface area (Å²) in [5, 5.41) is 15.1. The Morgan fingerprint density at radius 1 is 1.52 bits per heavy atom. The Hall–Kier alpha value is -1.21. The van der Waals surface area contributed by atoms with Crippen LogP contribution in [0.25, 0.3) is 0 Å². The molecule has 0 bridgehead atoms. The van der Waals surface area contributed by atoms with E-state index >= 15 is 0 Å². The lowest BCUT2D eigenvalue weighted by Gasteiger charge is -2.16. The van der Waals surface area contributed by atoms with Crippen LogP contribution in [-0.4, -0.2) is 39.3 Å². The van der Waals surface area contributed by atoms with Crippen molar-refractivity contribution in [3.63, 3.8) is 0 Å². The molecule has 6 nitrogen and oxygen atoms in total. The van der Waals surface area contributed by atoms with Gasteiger partial charge in [-0.3, -0.25) is 0 Å². The number of rotatable bonds is 6. The molecule has 0 aliphatic heterocycles. The third-order valence-corrected chi connectivity index (χ3v) is 4.77. The fourth-order valence-corrected chi connectivity index (χ4v) is 3.46. The molecule has 1 heterocycles. The van der Waals surface area contributed by atoms with Crippen molar-refractivity contribution in [1.82, 2.24) is 9.78 Å². The summed E-state index contributed by atoms with van der Waals surface area (Å²) in [6, 6.07) is -0.144. The zero-order chi connectivity index (χ0) is 15.4. The number of anilines is 1. The van der Waals surface area contributed by atoms with Crippen LogP contribution in [0.3, 0.4) is 0 Å². The van der Waals surface area contributed by atoms with E-state index in [4.69, 9.17) is 10.5 Å². The van der Waals surface area contributed by atoms with E-state index in [0.29, 0.717) is 23.0 Å². The molecular weight excluding hydrogens is 290 g/mol. The second kappa shape index (κ2) is 7.17. The number of nitrogen functional groups attached to an aromatic ring is 1. The zero-order valence-electron chi connectivity index (χ0n) is 12.5. The molecule has 3 N–H and O–H groups in total. The largest absolute Gasteiger partial charge is 0.462 e. The Morgan fingerprint density at radius 2 is 2.29 bits per heavy atom. The van der Waals surface area contributed by atoms with E-state index in [1.165, 1.54) is 11.8 Å². The summed E-state index contributed by atoms with van der Waals surface area (Å²) in [5.74, 6) is 0.723. The van der Waals surface area contributed by atoms with E-state index < -0.39 is 12.1 Å². The van der Waals surface area contributed by atoms with Crippen LogP contribution < -0.4 is 5.73 Å². The van der Waals surface area contributed by atoms with Gasteiger partial charge in [-0.1, -0.05) is 6.92 Å². The molecule has 0 spiro atoms. The minimum Gasteiger partial charge on any atom is -0.462 e. The molecule has 7 heteroatoms. The Balaban J connectivity index is 2.36. The first-order valence-corrected chi connectivity index (χ1v) is 8.44. The first kappa shape index (κ1) is 16.2. The SMILES string of the molecule is CCCSc1nn(C2CCCC2O)c(N)c1C(=O)OCC. The number of carbonyl (C=O) groups is 1. The molecule has 1 aromatic rings. The number of ether oxygens (including phenoxy) is 1. The van der Waals surface area contributed by atoms with Crippen molar-refractivity contribution in [2.75, 3.05) is 18.1 Å². The van der Waals surface area contributed by atoms with E-state index in [1.807, 2.05) is 0 Å². The van der Waals surface area contributed by atoms with Gasteiger partial charge in [-0.05, 0) is 38.4 Å². The fraction of sp³-hybridized carbons (Fsp3) is 0.714. The van der Waals surface area contributed by atoms with Gasteiger partial charge in [0.25, 0.3) is 0 Å². The monoisotopic (exact) mass is 313 g/mol. The second-order valence-electron chi connectivity index (χ2n) is 5.14. The fourth-order valence-electron chi connectivity index (χ4n) is 2.58. The highest BCUT2D eigenvalue weighted by molar-refractivity contribution is 7.99. The van der Waals surface area contributed by atoms with Crippen LogP contribution in [-0.2, 0) is 4.74 Å². The van der Waals surface area contributed by atoms with Crippen LogP contribution >= 0.6 is 11.8 Å². The predicted molar refractivity (Wildman–Crippen MR) is 82.5 cm³/mol. The Labute approximate surface area is 129 Å². The highest BCUT2D eigenvalue weighted by Gasteiger charge is 2.32. The molecular formula is C14H23N3O3S. The summed E-state index contributed by atoms with van der Waals surface area (Å²) in [4.78, 5) is 12.1. The average Bonchev–Trinajstić information content (AvgIpc) is 3.00. The molecule has 1 saturated carbocycles. The van der Waals surface area contributed by atoms with Gasteiger partial charge in [0.15, 0.2) is 0 Å². The van der Waals surface area contributed by atoms with Crippen molar-refractivity contribution in [2.24, 2.45) is 0 Å². The van der Waals surface area contributed by atoms with Crippen molar-refractivity contribution >= 4 is 23.5 Å². The molecule has 21 heavy (non-hydrogen) atoms. The molecule has 0 radical (unpaired) electrons. The highest BCUT2D eigenvalue weighted by Crippen LogP contribution is 2.36. The van der Waals surface area contributed by atoms with Crippen molar-refractivity contribution in [3.8, 4) is 0 Å². The first-order valence-electron chi connectivity index (χ1n) is 7.46. The van der Waals surface area contributed by atoms with Crippen LogP contribution in [0.15, 0.2) is 5.03 Å². The molecule has 1 fully saturated rings. The van der Waals surface area contributed by atoms with Gasteiger partial charge in [0.05, 0.1) is 18.8 Å². The third kappa shape index (κ3) is 3.35. The van der Waals surface area contributed by atoms with E-state index in [-0.39, 0.29) is 6.04 Å². The topological polar surface area (TPSA) is 90.4 Å². The number of aliphatic hydroxyl groups excluding tert-OH is 1. The molecule has 0 saturated heterocycles. The van der Waals surface area contributed by atoms with Crippen LogP contribution in [0, 0.1) is 0 Å². The first-order chi connectivity index (χ1) is 10.1. The van der Waals surface area contributed by atoms with Gasteiger partial charge in [0.1, 0.15) is 16.4 Å². The molecule has 1 aromatic heterocycles. The van der Waals surface area contributed by atoms with Gasteiger partial charge in [-0.2, -0.15) is 5.10 Å². The smallest absolute Gasteiger partial charge is 0.344 e. The normalized spacial score (nSPS) is 21.7. The molecule has 1 aliphatic carbocycles. The van der Waals surface area contributed by atoms with Crippen molar-refractivity contribution in [3.05, 3.63) is 5.56 Å². The lowest BCUT2D eigenvalue weighted by Crippen LogP contribution is -2.21. The number of thioether (sulfide) groups is 1. The van der Waals surface area contributed by atoms with E-state index in [0.717, 1.165) is 31.4 Å². The van der Waals surface area contributed by atoms with Gasteiger partial charge in [-0.15, -0.1) is 11.8 Å². The maximum absolute atomic E-state index is 12.1. The summed E-state index contributed by atoms with van der Waals surface area (Å²) in [6.07, 6.45) is 3.04. The summed E-state index contributed by atoms with van der Waals surface area (Å²) >= 11 is 1.50. The molecule has 2 atom stereocenters. The number of carbonyl (C=O) groups excluding carboxylic acids is 1. The molecule has 0 amide bonds.